The average molecular weight is 265 g/mol. The lowest BCUT2D eigenvalue weighted by molar-refractivity contribution is 0.292. The molecule has 2 N–H and O–H groups in total. The van der Waals surface area contributed by atoms with Crippen molar-refractivity contribution in [2.75, 3.05) is 6.54 Å². The first kappa shape index (κ1) is 14.5. The Balaban J connectivity index is 2.07. The van der Waals surface area contributed by atoms with Crippen molar-refractivity contribution in [3.63, 3.8) is 0 Å². The zero-order valence-electron chi connectivity index (χ0n) is 12.4. The SMILES string of the molecule is CCC1CCCC(c2noc(C(CN)C(C)C)n2)C1. The van der Waals surface area contributed by atoms with Crippen LogP contribution in [-0.4, -0.2) is 16.7 Å². The quantitative estimate of drug-likeness (QED) is 0.885. The molecule has 0 amide bonds. The highest BCUT2D eigenvalue weighted by Gasteiger charge is 2.28. The van der Waals surface area contributed by atoms with Crippen molar-refractivity contribution in [2.24, 2.45) is 17.6 Å². The van der Waals surface area contributed by atoms with Crippen LogP contribution in [0.2, 0.25) is 0 Å². The van der Waals surface area contributed by atoms with E-state index >= 15 is 0 Å². The average Bonchev–Trinajstić information content (AvgIpc) is 2.89. The maximum Gasteiger partial charge on any atom is 0.231 e. The van der Waals surface area contributed by atoms with Crippen LogP contribution >= 0.6 is 0 Å². The fourth-order valence-corrected chi connectivity index (χ4v) is 3.12. The van der Waals surface area contributed by atoms with Crippen LogP contribution in [0.3, 0.4) is 0 Å². The van der Waals surface area contributed by atoms with Gasteiger partial charge in [0.2, 0.25) is 5.89 Å². The van der Waals surface area contributed by atoms with Crippen molar-refractivity contribution in [1.29, 1.82) is 0 Å². The molecule has 1 aromatic heterocycles. The highest BCUT2D eigenvalue weighted by atomic mass is 16.5. The number of rotatable bonds is 5. The molecule has 1 saturated carbocycles. The Hall–Kier alpha value is -0.900. The Bertz CT molecular complexity index is 388. The van der Waals surface area contributed by atoms with Crippen molar-refractivity contribution in [3.8, 4) is 0 Å². The normalized spacial score (nSPS) is 25.7. The van der Waals surface area contributed by atoms with Gasteiger partial charge in [0.25, 0.3) is 0 Å². The van der Waals surface area contributed by atoms with Gasteiger partial charge in [-0.3, -0.25) is 0 Å². The van der Waals surface area contributed by atoms with Gasteiger partial charge < -0.3 is 10.3 Å². The van der Waals surface area contributed by atoms with Gasteiger partial charge >= 0.3 is 0 Å². The molecule has 2 rings (SSSR count). The summed E-state index contributed by atoms with van der Waals surface area (Å²) in [5.41, 5.74) is 5.81. The second kappa shape index (κ2) is 6.51. The zero-order valence-corrected chi connectivity index (χ0v) is 12.4. The Morgan fingerprint density at radius 3 is 2.79 bits per heavy atom. The van der Waals surface area contributed by atoms with E-state index in [0.717, 1.165) is 17.6 Å². The van der Waals surface area contributed by atoms with E-state index in [2.05, 4.69) is 30.9 Å². The summed E-state index contributed by atoms with van der Waals surface area (Å²) in [6.45, 7) is 7.14. The van der Waals surface area contributed by atoms with Crippen molar-refractivity contribution < 1.29 is 4.52 Å². The number of hydrogen-bond acceptors (Lipinski definition) is 4. The van der Waals surface area contributed by atoms with Crippen LogP contribution < -0.4 is 5.73 Å². The maximum absolute atomic E-state index is 5.81. The lowest BCUT2D eigenvalue weighted by Crippen LogP contribution is -2.18. The van der Waals surface area contributed by atoms with Gasteiger partial charge in [0.15, 0.2) is 5.82 Å². The van der Waals surface area contributed by atoms with Crippen molar-refractivity contribution in [2.45, 2.75) is 64.7 Å². The molecule has 4 nitrogen and oxygen atoms in total. The summed E-state index contributed by atoms with van der Waals surface area (Å²) in [4.78, 5) is 4.64. The molecule has 0 aromatic carbocycles. The molecule has 0 saturated heterocycles. The molecule has 3 atom stereocenters. The first-order chi connectivity index (χ1) is 9.15. The fraction of sp³-hybridized carbons (Fsp3) is 0.867. The maximum atomic E-state index is 5.81. The van der Waals surface area contributed by atoms with Gasteiger partial charge in [0.05, 0.1) is 5.92 Å². The van der Waals surface area contributed by atoms with Crippen LogP contribution in [0.5, 0.6) is 0 Å². The molecule has 0 radical (unpaired) electrons. The lowest BCUT2D eigenvalue weighted by atomic mass is 9.80. The summed E-state index contributed by atoms with van der Waals surface area (Å²) in [6, 6.07) is 0. The summed E-state index contributed by atoms with van der Waals surface area (Å²) < 4.78 is 5.46. The summed E-state index contributed by atoms with van der Waals surface area (Å²) in [5, 5.41) is 4.22. The van der Waals surface area contributed by atoms with Crippen LogP contribution in [0, 0.1) is 11.8 Å². The van der Waals surface area contributed by atoms with E-state index < -0.39 is 0 Å². The van der Waals surface area contributed by atoms with E-state index in [0.29, 0.717) is 18.4 Å². The first-order valence-corrected chi connectivity index (χ1v) is 7.69. The molecule has 0 spiro atoms. The Labute approximate surface area is 116 Å². The molecule has 1 fully saturated rings. The molecule has 4 heteroatoms. The molecule has 0 aliphatic heterocycles. The van der Waals surface area contributed by atoms with Crippen molar-refractivity contribution in [3.05, 3.63) is 11.7 Å². The zero-order chi connectivity index (χ0) is 13.8. The lowest BCUT2D eigenvalue weighted by Gasteiger charge is -2.26. The molecule has 1 heterocycles. The highest BCUT2D eigenvalue weighted by molar-refractivity contribution is 5.02. The minimum atomic E-state index is 0.187. The van der Waals surface area contributed by atoms with Gasteiger partial charge in [-0.25, -0.2) is 0 Å². The minimum absolute atomic E-state index is 0.187. The van der Waals surface area contributed by atoms with Gasteiger partial charge in [-0.2, -0.15) is 4.98 Å². The number of nitrogens with two attached hydrogens (primary N) is 1. The van der Waals surface area contributed by atoms with Crippen LogP contribution in [0.4, 0.5) is 0 Å². The van der Waals surface area contributed by atoms with E-state index in [-0.39, 0.29) is 5.92 Å². The molecule has 3 unspecified atom stereocenters. The molecule has 108 valence electrons. The van der Waals surface area contributed by atoms with Gasteiger partial charge in [-0.05, 0) is 24.7 Å². The third-order valence-corrected chi connectivity index (χ3v) is 4.56. The monoisotopic (exact) mass is 265 g/mol. The second-order valence-corrected chi connectivity index (χ2v) is 6.21. The number of nitrogens with zero attached hydrogens (tertiary/aromatic N) is 2. The minimum Gasteiger partial charge on any atom is -0.339 e. The Morgan fingerprint density at radius 1 is 1.37 bits per heavy atom. The summed E-state index contributed by atoms with van der Waals surface area (Å²) >= 11 is 0. The summed E-state index contributed by atoms with van der Waals surface area (Å²) in [7, 11) is 0. The highest BCUT2D eigenvalue weighted by Crippen LogP contribution is 2.36. The van der Waals surface area contributed by atoms with E-state index in [1.54, 1.807) is 0 Å². The standard InChI is InChI=1S/C15H27N3O/c1-4-11-6-5-7-12(8-11)14-17-15(19-18-14)13(9-16)10(2)3/h10-13H,4-9,16H2,1-3H3. The summed E-state index contributed by atoms with van der Waals surface area (Å²) in [6.07, 6.45) is 6.32. The molecule has 1 aliphatic rings. The molecule has 0 bridgehead atoms. The molecule has 1 aromatic rings. The Morgan fingerprint density at radius 2 is 2.16 bits per heavy atom. The van der Waals surface area contributed by atoms with Gasteiger partial charge in [-0.1, -0.05) is 45.2 Å². The van der Waals surface area contributed by atoms with Gasteiger partial charge in [-0.15, -0.1) is 0 Å². The predicted octanol–water partition coefficient (Wildman–Crippen LogP) is 3.45. The number of aromatic nitrogens is 2. The fourth-order valence-electron chi connectivity index (χ4n) is 3.12. The van der Waals surface area contributed by atoms with Crippen molar-refractivity contribution in [1.82, 2.24) is 10.1 Å². The van der Waals surface area contributed by atoms with Crippen LogP contribution in [0.1, 0.15) is 76.4 Å². The third-order valence-electron chi connectivity index (χ3n) is 4.56. The first-order valence-electron chi connectivity index (χ1n) is 7.69. The smallest absolute Gasteiger partial charge is 0.231 e. The third kappa shape index (κ3) is 3.35. The van der Waals surface area contributed by atoms with Crippen LogP contribution in [0.25, 0.3) is 0 Å². The Kier molecular flexibility index (Phi) is 4.97. The second-order valence-electron chi connectivity index (χ2n) is 6.21. The summed E-state index contributed by atoms with van der Waals surface area (Å²) in [5.74, 6) is 3.58. The van der Waals surface area contributed by atoms with E-state index in [9.17, 15) is 0 Å². The van der Waals surface area contributed by atoms with Crippen molar-refractivity contribution >= 4 is 0 Å². The molecular formula is C15H27N3O. The van der Waals surface area contributed by atoms with E-state index in [4.69, 9.17) is 10.3 Å². The topological polar surface area (TPSA) is 64.9 Å². The predicted molar refractivity (Wildman–Crippen MR) is 75.9 cm³/mol. The largest absolute Gasteiger partial charge is 0.339 e. The van der Waals surface area contributed by atoms with E-state index in [1.165, 1.54) is 32.1 Å². The van der Waals surface area contributed by atoms with Crippen LogP contribution in [0.15, 0.2) is 4.52 Å². The number of hydrogen-bond donors (Lipinski definition) is 1. The van der Waals surface area contributed by atoms with Gasteiger partial charge in [0.1, 0.15) is 0 Å². The molecular weight excluding hydrogens is 238 g/mol. The van der Waals surface area contributed by atoms with Gasteiger partial charge in [0, 0.05) is 12.5 Å². The molecule has 1 aliphatic carbocycles. The van der Waals surface area contributed by atoms with E-state index in [1.807, 2.05) is 0 Å². The van der Waals surface area contributed by atoms with Crippen LogP contribution in [-0.2, 0) is 0 Å². The molecule has 19 heavy (non-hydrogen) atoms.